The molecule has 0 amide bonds. The van der Waals surface area contributed by atoms with E-state index in [9.17, 15) is 9.90 Å². The van der Waals surface area contributed by atoms with Crippen molar-refractivity contribution >= 4 is 17.6 Å². The first kappa shape index (κ1) is 53.6. The molecule has 0 rings (SSSR count). The van der Waals surface area contributed by atoms with Crippen LogP contribution < -0.4 is 0 Å². The maximum atomic E-state index is 12.1. The molecule has 54 heavy (non-hydrogen) atoms. The van der Waals surface area contributed by atoms with Crippen LogP contribution in [0, 0.1) is 0 Å². The van der Waals surface area contributed by atoms with Gasteiger partial charge in [-0.3, -0.25) is 4.79 Å². The number of carbonyl (C=O) groups is 1. The lowest BCUT2D eigenvalue weighted by Gasteiger charge is -2.21. The average Bonchev–Trinajstić information content (AvgIpc) is 3.17. The van der Waals surface area contributed by atoms with Crippen LogP contribution in [-0.2, 0) is 9.53 Å². The van der Waals surface area contributed by atoms with Crippen LogP contribution in [0.15, 0.2) is 0 Å². The lowest BCUT2D eigenvalue weighted by molar-refractivity contribution is -0.143. The molecule has 0 saturated heterocycles. The molecule has 324 valence electrons. The second-order valence-electron chi connectivity index (χ2n) is 16.7. The number of nitrogens with zero attached hydrogens (tertiary/aromatic N) is 2. The summed E-state index contributed by atoms with van der Waals surface area (Å²) in [6, 6.07) is 0. The fourth-order valence-corrected chi connectivity index (χ4v) is 8.06. The Kier molecular flexibility index (Phi) is 46.7. The van der Waals surface area contributed by atoms with Gasteiger partial charge in [0, 0.05) is 25.4 Å². The van der Waals surface area contributed by atoms with Crippen LogP contribution in [0.4, 0.5) is 0 Å². The Hall–Kier alpha value is -0.360. The molecule has 0 aromatic carbocycles. The Bertz CT molecular complexity index is 711. The Balaban J connectivity index is 3.51. The number of carbonyl (C=O) groups excluding carboxylic acids is 1. The molecule has 0 aromatic rings. The number of hydrogen-bond donors (Lipinski definition) is 1. The maximum Gasteiger partial charge on any atom is 0.305 e. The van der Waals surface area contributed by atoms with Gasteiger partial charge < -0.3 is 19.6 Å². The molecule has 0 bridgehead atoms. The van der Waals surface area contributed by atoms with Crippen molar-refractivity contribution in [1.29, 1.82) is 0 Å². The molecule has 6 heteroatoms. The topological polar surface area (TPSA) is 53.0 Å². The quantitative estimate of drug-likeness (QED) is 0.0378. The Labute approximate surface area is 344 Å². The van der Waals surface area contributed by atoms with E-state index in [1.165, 1.54) is 219 Å². The van der Waals surface area contributed by atoms with Crippen molar-refractivity contribution in [3.63, 3.8) is 0 Å². The number of hydrogen-bond acceptors (Lipinski definition) is 5. The molecule has 0 saturated carbocycles. The fourth-order valence-electron chi connectivity index (χ4n) is 7.82. The van der Waals surface area contributed by atoms with Gasteiger partial charge in [0.15, 0.2) is 0 Å². The third kappa shape index (κ3) is 42.8. The number of halogens is 1. The molecule has 0 atom stereocenters. The summed E-state index contributed by atoms with van der Waals surface area (Å²) in [5, 5.41) is 9.48. The summed E-state index contributed by atoms with van der Waals surface area (Å²) in [5.74, 6) is 0.743. The van der Waals surface area contributed by atoms with Gasteiger partial charge in [-0.25, -0.2) is 0 Å². The minimum absolute atomic E-state index is 0.000185. The standard InChI is InChI=1S/C48H97ClN2O3/c1-3-5-7-9-11-13-15-21-27-33-40-50(44-39-49)41-34-28-24-19-20-26-32-38-48(53)54-47-37-31-25-18-17-23-30-36-43-51(45-46-52)42-35-29-22-16-14-12-10-8-6-4-2/h52H,3-47H2,1-2H3. The zero-order valence-electron chi connectivity index (χ0n) is 36.9. The van der Waals surface area contributed by atoms with Gasteiger partial charge in [-0.2, -0.15) is 0 Å². The zero-order valence-corrected chi connectivity index (χ0v) is 37.6. The Morgan fingerprint density at radius 2 is 0.704 bits per heavy atom. The van der Waals surface area contributed by atoms with E-state index in [1.54, 1.807) is 0 Å². The molecule has 0 aliphatic rings. The highest BCUT2D eigenvalue weighted by molar-refractivity contribution is 6.18. The highest BCUT2D eigenvalue weighted by Crippen LogP contribution is 2.15. The van der Waals surface area contributed by atoms with Crippen LogP contribution in [0.25, 0.3) is 0 Å². The first-order valence-electron chi connectivity index (χ1n) is 24.4. The van der Waals surface area contributed by atoms with Crippen LogP contribution in [0.2, 0.25) is 0 Å². The molecule has 0 aromatic heterocycles. The highest BCUT2D eigenvalue weighted by atomic mass is 35.5. The normalized spacial score (nSPS) is 11.7. The molecule has 5 nitrogen and oxygen atoms in total. The number of ether oxygens (including phenoxy) is 1. The van der Waals surface area contributed by atoms with Gasteiger partial charge in [0.05, 0.1) is 13.2 Å². The number of alkyl halides is 1. The van der Waals surface area contributed by atoms with Crippen molar-refractivity contribution in [2.45, 2.75) is 245 Å². The molecular formula is C48H97ClN2O3. The first-order chi connectivity index (χ1) is 26.7. The third-order valence-corrected chi connectivity index (χ3v) is 11.6. The van der Waals surface area contributed by atoms with Crippen molar-refractivity contribution in [1.82, 2.24) is 9.80 Å². The highest BCUT2D eigenvalue weighted by Gasteiger charge is 2.07. The molecular weight excluding hydrogens is 688 g/mol. The summed E-state index contributed by atoms with van der Waals surface area (Å²) in [4.78, 5) is 17.2. The van der Waals surface area contributed by atoms with Crippen molar-refractivity contribution in [2.75, 3.05) is 58.4 Å². The third-order valence-electron chi connectivity index (χ3n) is 11.5. The Morgan fingerprint density at radius 1 is 0.407 bits per heavy atom. The number of rotatable bonds is 47. The predicted molar refractivity (Wildman–Crippen MR) is 239 cm³/mol. The van der Waals surface area contributed by atoms with Crippen LogP contribution in [-0.4, -0.2) is 79.2 Å². The van der Waals surface area contributed by atoms with Gasteiger partial charge >= 0.3 is 5.97 Å². The van der Waals surface area contributed by atoms with Crippen molar-refractivity contribution in [2.24, 2.45) is 0 Å². The molecule has 0 spiro atoms. The average molecular weight is 786 g/mol. The second-order valence-corrected chi connectivity index (χ2v) is 17.1. The Morgan fingerprint density at radius 3 is 1.04 bits per heavy atom. The SMILES string of the molecule is CCCCCCCCCCCCN(CCO)CCCCCCCCCCOC(=O)CCCCCCCCCN(CCCl)CCCCCCCCCCCC. The fraction of sp³-hybridized carbons (Fsp3) is 0.979. The summed E-state index contributed by atoms with van der Waals surface area (Å²) in [6.45, 7) is 12.0. The number of aliphatic hydroxyl groups excluding tert-OH is 1. The van der Waals surface area contributed by atoms with E-state index in [2.05, 4.69) is 23.6 Å². The van der Waals surface area contributed by atoms with Crippen molar-refractivity contribution in [3.8, 4) is 0 Å². The lowest BCUT2D eigenvalue weighted by atomic mass is 10.1. The zero-order chi connectivity index (χ0) is 39.3. The van der Waals surface area contributed by atoms with E-state index in [-0.39, 0.29) is 12.6 Å². The summed E-state index contributed by atoms with van der Waals surface area (Å²) in [6.07, 6.45) is 46.7. The van der Waals surface area contributed by atoms with E-state index in [0.29, 0.717) is 13.0 Å². The summed E-state index contributed by atoms with van der Waals surface area (Å²) < 4.78 is 5.51. The molecule has 1 N–H and O–H groups in total. The molecule has 0 heterocycles. The minimum Gasteiger partial charge on any atom is -0.466 e. The van der Waals surface area contributed by atoms with Gasteiger partial charge in [-0.1, -0.05) is 200 Å². The van der Waals surface area contributed by atoms with Crippen LogP contribution >= 0.6 is 11.6 Å². The van der Waals surface area contributed by atoms with Crippen molar-refractivity contribution < 1.29 is 14.6 Å². The van der Waals surface area contributed by atoms with Crippen LogP contribution in [0.3, 0.4) is 0 Å². The summed E-state index contributed by atoms with van der Waals surface area (Å²) in [5.41, 5.74) is 0. The van der Waals surface area contributed by atoms with E-state index < -0.39 is 0 Å². The first-order valence-corrected chi connectivity index (χ1v) is 25.0. The molecule has 0 aliphatic carbocycles. The van der Waals surface area contributed by atoms with Gasteiger partial charge in [0.1, 0.15) is 0 Å². The van der Waals surface area contributed by atoms with Gasteiger partial charge in [-0.15, -0.1) is 11.6 Å². The van der Waals surface area contributed by atoms with Crippen LogP contribution in [0.5, 0.6) is 0 Å². The molecule has 0 radical (unpaired) electrons. The van der Waals surface area contributed by atoms with E-state index in [1.807, 2.05) is 0 Å². The summed E-state index contributed by atoms with van der Waals surface area (Å²) >= 11 is 6.09. The van der Waals surface area contributed by atoms with Gasteiger partial charge in [-0.05, 0) is 64.7 Å². The predicted octanol–water partition coefficient (Wildman–Crippen LogP) is 14.4. The lowest BCUT2D eigenvalue weighted by Crippen LogP contribution is -2.29. The van der Waals surface area contributed by atoms with E-state index in [0.717, 1.165) is 51.3 Å². The molecule has 0 aliphatic heterocycles. The monoisotopic (exact) mass is 785 g/mol. The second kappa shape index (κ2) is 47.0. The number of esters is 1. The van der Waals surface area contributed by atoms with E-state index >= 15 is 0 Å². The molecule has 0 fully saturated rings. The number of aliphatic hydroxyl groups is 1. The van der Waals surface area contributed by atoms with Crippen LogP contribution in [0.1, 0.15) is 245 Å². The smallest absolute Gasteiger partial charge is 0.305 e. The molecule has 0 unspecified atom stereocenters. The van der Waals surface area contributed by atoms with Crippen molar-refractivity contribution in [3.05, 3.63) is 0 Å². The maximum absolute atomic E-state index is 12.1. The largest absolute Gasteiger partial charge is 0.466 e. The van der Waals surface area contributed by atoms with Gasteiger partial charge in [0.25, 0.3) is 0 Å². The minimum atomic E-state index is 0.000185. The summed E-state index contributed by atoms with van der Waals surface area (Å²) in [7, 11) is 0. The van der Waals surface area contributed by atoms with Gasteiger partial charge in [0.2, 0.25) is 0 Å². The van der Waals surface area contributed by atoms with E-state index in [4.69, 9.17) is 16.3 Å². The number of unbranched alkanes of at least 4 members (excludes halogenated alkanes) is 31.